The summed E-state index contributed by atoms with van der Waals surface area (Å²) in [4.78, 5) is 19.2. The lowest BCUT2D eigenvalue weighted by Crippen LogP contribution is -2.39. The van der Waals surface area contributed by atoms with Crippen LogP contribution in [0.25, 0.3) is 0 Å². The highest BCUT2D eigenvalue weighted by molar-refractivity contribution is 5.75. The number of benzene rings is 1. The lowest BCUT2D eigenvalue weighted by Gasteiger charge is -2.17. The molecule has 0 radical (unpaired) electrons. The Morgan fingerprint density at radius 1 is 1.30 bits per heavy atom. The van der Waals surface area contributed by atoms with Crippen LogP contribution in [-0.2, 0) is 20.8 Å². The van der Waals surface area contributed by atoms with Crippen LogP contribution < -0.4 is 5.48 Å². The van der Waals surface area contributed by atoms with Crippen molar-refractivity contribution in [3.05, 3.63) is 35.9 Å². The molecule has 0 heterocycles. The zero-order valence-corrected chi connectivity index (χ0v) is 12.5. The van der Waals surface area contributed by atoms with Crippen molar-refractivity contribution in [3.8, 4) is 0 Å². The van der Waals surface area contributed by atoms with Crippen molar-refractivity contribution in [2.75, 3.05) is 34.4 Å². The van der Waals surface area contributed by atoms with Gasteiger partial charge in [-0.1, -0.05) is 30.3 Å². The minimum Gasteiger partial charge on any atom is -0.468 e. The molecule has 1 atom stereocenters. The van der Waals surface area contributed by atoms with E-state index >= 15 is 0 Å². The second kappa shape index (κ2) is 9.47. The Bertz CT molecular complexity index is 382. The first-order valence-corrected chi connectivity index (χ1v) is 6.77. The minimum atomic E-state index is -0.484. The molecule has 1 rings (SSSR count). The number of ether oxygens (including phenoxy) is 1. The third-order valence-corrected chi connectivity index (χ3v) is 2.85. The van der Waals surface area contributed by atoms with Crippen LogP contribution in [0, 0.1) is 0 Å². The van der Waals surface area contributed by atoms with Gasteiger partial charge in [0.05, 0.1) is 13.7 Å². The molecule has 5 heteroatoms. The van der Waals surface area contributed by atoms with Crippen molar-refractivity contribution in [2.24, 2.45) is 0 Å². The van der Waals surface area contributed by atoms with E-state index in [-0.39, 0.29) is 5.97 Å². The lowest BCUT2D eigenvalue weighted by molar-refractivity contribution is -0.147. The van der Waals surface area contributed by atoms with E-state index in [1.54, 1.807) is 0 Å². The second-order valence-electron chi connectivity index (χ2n) is 4.89. The summed E-state index contributed by atoms with van der Waals surface area (Å²) in [5.74, 6) is -0.318. The third-order valence-electron chi connectivity index (χ3n) is 2.85. The number of nitrogens with one attached hydrogen (secondary N) is 1. The van der Waals surface area contributed by atoms with Crippen LogP contribution in [0.3, 0.4) is 0 Å². The fraction of sp³-hybridized carbons (Fsp3) is 0.533. The number of carbonyl (C=O) groups excluding carboxylic acids is 1. The molecule has 0 aliphatic carbocycles. The van der Waals surface area contributed by atoms with Crippen LogP contribution in [0.15, 0.2) is 30.3 Å². The van der Waals surface area contributed by atoms with E-state index in [1.807, 2.05) is 44.4 Å². The number of rotatable bonds is 9. The largest absolute Gasteiger partial charge is 0.468 e. The minimum absolute atomic E-state index is 0.318. The summed E-state index contributed by atoms with van der Waals surface area (Å²) in [7, 11) is 5.41. The predicted octanol–water partition coefficient (Wildman–Crippen LogP) is 1.24. The van der Waals surface area contributed by atoms with Crippen molar-refractivity contribution in [3.63, 3.8) is 0 Å². The van der Waals surface area contributed by atoms with Crippen LogP contribution in [0.1, 0.15) is 12.0 Å². The number of hydroxylamine groups is 1. The quantitative estimate of drug-likeness (QED) is 0.419. The molecule has 0 aliphatic heterocycles. The topological polar surface area (TPSA) is 50.8 Å². The molecule has 0 fully saturated rings. The SMILES string of the molecule is COC(=O)[C@H](Cc1ccccc1)NOCCCN(C)C. The summed E-state index contributed by atoms with van der Waals surface area (Å²) >= 11 is 0. The Balaban J connectivity index is 2.39. The Hall–Kier alpha value is -1.43. The normalized spacial score (nSPS) is 12.4. The van der Waals surface area contributed by atoms with E-state index in [0.29, 0.717) is 13.0 Å². The van der Waals surface area contributed by atoms with Crippen LogP contribution in [0.4, 0.5) is 0 Å². The highest BCUT2D eigenvalue weighted by atomic mass is 16.6. The van der Waals surface area contributed by atoms with Gasteiger partial charge >= 0.3 is 5.97 Å². The Morgan fingerprint density at radius 3 is 2.60 bits per heavy atom. The molecule has 1 aromatic carbocycles. The van der Waals surface area contributed by atoms with Crippen molar-refractivity contribution in [1.29, 1.82) is 0 Å². The van der Waals surface area contributed by atoms with Crippen molar-refractivity contribution in [2.45, 2.75) is 18.9 Å². The first kappa shape index (κ1) is 16.6. The maximum absolute atomic E-state index is 11.7. The maximum Gasteiger partial charge on any atom is 0.325 e. The molecule has 0 unspecified atom stereocenters. The van der Waals surface area contributed by atoms with E-state index in [1.165, 1.54) is 7.11 Å². The summed E-state index contributed by atoms with van der Waals surface area (Å²) in [5.41, 5.74) is 3.86. The number of hydrogen-bond acceptors (Lipinski definition) is 5. The van der Waals surface area contributed by atoms with Gasteiger partial charge in [-0.3, -0.25) is 4.79 Å². The van der Waals surface area contributed by atoms with E-state index in [2.05, 4.69) is 10.4 Å². The van der Waals surface area contributed by atoms with Crippen LogP contribution in [-0.4, -0.2) is 51.3 Å². The van der Waals surface area contributed by atoms with E-state index < -0.39 is 6.04 Å². The van der Waals surface area contributed by atoms with Gasteiger partial charge in [0.15, 0.2) is 0 Å². The van der Waals surface area contributed by atoms with Gasteiger partial charge in [0.25, 0.3) is 0 Å². The first-order chi connectivity index (χ1) is 9.63. The molecule has 0 aromatic heterocycles. The summed E-state index contributed by atoms with van der Waals surface area (Å²) in [6, 6.07) is 9.31. The fourth-order valence-corrected chi connectivity index (χ4v) is 1.78. The summed E-state index contributed by atoms with van der Waals surface area (Å²) < 4.78 is 4.79. The highest BCUT2D eigenvalue weighted by Crippen LogP contribution is 2.04. The molecular formula is C15H24N2O3. The van der Waals surface area contributed by atoms with E-state index in [0.717, 1.165) is 18.5 Å². The summed E-state index contributed by atoms with van der Waals surface area (Å²) in [6.07, 6.45) is 1.44. The lowest BCUT2D eigenvalue weighted by atomic mass is 10.1. The monoisotopic (exact) mass is 280 g/mol. The molecule has 20 heavy (non-hydrogen) atoms. The van der Waals surface area contributed by atoms with E-state index in [9.17, 15) is 4.79 Å². The zero-order valence-electron chi connectivity index (χ0n) is 12.5. The predicted molar refractivity (Wildman–Crippen MR) is 78.2 cm³/mol. The molecule has 0 aliphatic rings. The van der Waals surface area contributed by atoms with Gasteiger partial charge in [0.1, 0.15) is 6.04 Å². The average Bonchev–Trinajstić information content (AvgIpc) is 2.45. The highest BCUT2D eigenvalue weighted by Gasteiger charge is 2.19. The van der Waals surface area contributed by atoms with Crippen molar-refractivity contribution < 1.29 is 14.4 Å². The zero-order chi connectivity index (χ0) is 14.8. The maximum atomic E-state index is 11.7. The average molecular weight is 280 g/mol. The summed E-state index contributed by atoms with van der Waals surface area (Å²) in [6.45, 7) is 1.50. The van der Waals surface area contributed by atoms with Crippen LogP contribution in [0.5, 0.6) is 0 Å². The number of nitrogens with zero attached hydrogens (tertiary/aromatic N) is 1. The number of esters is 1. The number of hydrogen-bond donors (Lipinski definition) is 1. The van der Waals surface area contributed by atoms with Crippen molar-refractivity contribution in [1.82, 2.24) is 10.4 Å². The Kier molecular flexibility index (Phi) is 7.87. The molecule has 0 spiro atoms. The van der Waals surface area contributed by atoms with Gasteiger partial charge in [-0.15, -0.1) is 0 Å². The molecular weight excluding hydrogens is 256 g/mol. The molecule has 0 amide bonds. The van der Waals surface area contributed by atoms with Gasteiger partial charge in [-0.2, -0.15) is 5.48 Å². The molecule has 0 bridgehead atoms. The Morgan fingerprint density at radius 2 is 2.00 bits per heavy atom. The summed E-state index contributed by atoms with van der Waals surface area (Å²) in [5, 5.41) is 0. The van der Waals surface area contributed by atoms with Gasteiger partial charge in [0, 0.05) is 6.42 Å². The Labute approximate surface area is 120 Å². The van der Waals surface area contributed by atoms with Crippen LogP contribution in [0.2, 0.25) is 0 Å². The molecule has 1 aromatic rings. The molecule has 0 saturated heterocycles. The first-order valence-electron chi connectivity index (χ1n) is 6.77. The third kappa shape index (κ3) is 6.65. The standard InChI is InChI=1S/C15H24N2O3/c1-17(2)10-7-11-20-16-14(15(18)19-3)12-13-8-5-4-6-9-13/h4-6,8-9,14,16H,7,10-12H2,1-3H3/t14-/m0/s1. The van der Waals surface area contributed by atoms with Gasteiger partial charge in [-0.05, 0) is 32.6 Å². The van der Waals surface area contributed by atoms with E-state index in [4.69, 9.17) is 9.57 Å². The second-order valence-corrected chi connectivity index (χ2v) is 4.89. The van der Waals surface area contributed by atoms with Gasteiger partial charge < -0.3 is 14.5 Å². The molecule has 0 saturated carbocycles. The van der Waals surface area contributed by atoms with Gasteiger partial charge in [0.2, 0.25) is 0 Å². The molecule has 5 nitrogen and oxygen atoms in total. The smallest absolute Gasteiger partial charge is 0.325 e. The van der Waals surface area contributed by atoms with Crippen LogP contribution >= 0.6 is 0 Å². The molecule has 1 N–H and O–H groups in total. The van der Waals surface area contributed by atoms with Crippen molar-refractivity contribution >= 4 is 5.97 Å². The van der Waals surface area contributed by atoms with Gasteiger partial charge in [-0.25, -0.2) is 0 Å². The fourth-order valence-electron chi connectivity index (χ4n) is 1.78. The number of carbonyl (C=O) groups is 1. The number of methoxy groups -OCH3 is 1. The molecule has 112 valence electrons.